The van der Waals surface area contributed by atoms with E-state index in [9.17, 15) is 4.79 Å². The molecule has 0 aliphatic rings. The predicted molar refractivity (Wildman–Crippen MR) is 77.6 cm³/mol. The Morgan fingerprint density at radius 3 is 2.53 bits per heavy atom. The summed E-state index contributed by atoms with van der Waals surface area (Å²) < 4.78 is 5.31. The monoisotopic (exact) mass is 262 g/mol. The molecule has 0 amide bonds. The highest BCUT2D eigenvalue weighted by Crippen LogP contribution is 2.30. The van der Waals surface area contributed by atoms with Crippen molar-refractivity contribution in [1.82, 2.24) is 0 Å². The minimum Gasteiger partial charge on any atom is -0.496 e. The second kappa shape index (κ2) is 6.98. The van der Waals surface area contributed by atoms with E-state index in [0.717, 1.165) is 40.9 Å². The van der Waals surface area contributed by atoms with E-state index in [1.54, 1.807) is 7.11 Å². The molecule has 1 rings (SSSR count). The van der Waals surface area contributed by atoms with Crippen molar-refractivity contribution in [2.75, 3.05) is 7.11 Å². The van der Waals surface area contributed by atoms with Crippen LogP contribution >= 0.6 is 0 Å². The van der Waals surface area contributed by atoms with Gasteiger partial charge in [-0.15, -0.1) is 0 Å². The summed E-state index contributed by atoms with van der Waals surface area (Å²) in [7, 11) is 1.66. The number of carboxylic acids is 1. The highest BCUT2D eigenvalue weighted by Gasteiger charge is 2.10. The van der Waals surface area contributed by atoms with Gasteiger partial charge in [-0.25, -0.2) is 0 Å². The Labute approximate surface area is 114 Å². The molecule has 0 bridgehead atoms. The average molecular weight is 262 g/mol. The molecule has 0 saturated heterocycles. The first kappa shape index (κ1) is 15.3. The zero-order valence-electron chi connectivity index (χ0n) is 12.1. The van der Waals surface area contributed by atoms with Gasteiger partial charge in [0, 0.05) is 0 Å². The van der Waals surface area contributed by atoms with Crippen molar-refractivity contribution < 1.29 is 14.6 Å². The number of carbonyl (C=O) groups is 1. The summed E-state index contributed by atoms with van der Waals surface area (Å²) in [6.45, 7) is 6.18. The maximum atomic E-state index is 10.7. The van der Waals surface area contributed by atoms with Gasteiger partial charge in [-0.3, -0.25) is 4.79 Å². The van der Waals surface area contributed by atoms with E-state index >= 15 is 0 Å². The molecule has 3 heteroatoms. The first-order valence-electron chi connectivity index (χ1n) is 6.56. The Kier molecular flexibility index (Phi) is 5.61. The Morgan fingerprint density at radius 1 is 1.32 bits per heavy atom. The summed E-state index contributed by atoms with van der Waals surface area (Å²) in [6.07, 6.45) is 3.77. The van der Waals surface area contributed by atoms with Crippen LogP contribution in [0.25, 0.3) is 5.57 Å². The second-order valence-corrected chi connectivity index (χ2v) is 4.64. The van der Waals surface area contributed by atoms with Crippen LogP contribution in [0.15, 0.2) is 18.2 Å². The van der Waals surface area contributed by atoms with Crippen LogP contribution in [0.5, 0.6) is 5.75 Å². The van der Waals surface area contributed by atoms with E-state index < -0.39 is 5.97 Å². The Morgan fingerprint density at radius 2 is 2.00 bits per heavy atom. The van der Waals surface area contributed by atoms with Crippen molar-refractivity contribution in [2.45, 2.75) is 40.0 Å². The quantitative estimate of drug-likeness (QED) is 0.843. The normalized spacial score (nSPS) is 11.5. The number of rotatable bonds is 6. The molecule has 104 valence electrons. The number of aliphatic carboxylic acids is 1. The van der Waals surface area contributed by atoms with Gasteiger partial charge in [0.1, 0.15) is 5.75 Å². The van der Waals surface area contributed by atoms with Gasteiger partial charge in [-0.05, 0) is 48.6 Å². The van der Waals surface area contributed by atoms with Crippen molar-refractivity contribution in [3.05, 3.63) is 34.9 Å². The minimum atomic E-state index is -0.795. The molecule has 1 aromatic carbocycles. The van der Waals surface area contributed by atoms with Crippen LogP contribution in [-0.2, 0) is 4.79 Å². The Balaban J connectivity index is 3.20. The molecule has 0 spiro atoms. The molecule has 1 N–H and O–H groups in total. The molecule has 0 aliphatic carbocycles. The van der Waals surface area contributed by atoms with Gasteiger partial charge in [0.05, 0.1) is 13.5 Å². The van der Waals surface area contributed by atoms with Gasteiger partial charge in [-0.1, -0.05) is 25.5 Å². The molecule has 0 fully saturated rings. The molecule has 0 heterocycles. The molecule has 1 aromatic rings. The summed E-state index contributed by atoms with van der Waals surface area (Å²) in [4.78, 5) is 10.7. The zero-order valence-corrected chi connectivity index (χ0v) is 12.1. The van der Waals surface area contributed by atoms with E-state index in [4.69, 9.17) is 9.84 Å². The summed E-state index contributed by atoms with van der Waals surface area (Å²) in [5, 5.41) is 8.82. The number of allylic oxidation sites excluding steroid dienone is 1. The lowest BCUT2D eigenvalue weighted by Crippen LogP contribution is -1.97. The van der Waals surface area contributed by atoms with Gasteiger partial charge in [-0.2, -0.15) is 0 Å². The van der Waals surface area contributed by atoms with E-state index in [-0.39, 0.29) is 6.42 Å². The third-order valence-corrected chi connectivity index (χ3v) is 3.35. The van der Waals surface area contributed by atoms with Crippen LogP contribution in [-0.4, -0.2) is 18.2 Å². The fourth-order valence-electron chi connectivity index (χ4n) is 2.19. The number of methoxy groups -OCH3 is 1. The molecule has 0 unspecified atom stereocenters. The predicted octanol–water partition coefficient (Wildman–Crippen LogP) is 3.97. The zero-order chi connectivity index (χ0) is 14.4. The van der Waals surface area contributed by atoms with Crippen molar-refractivity contribution in [2.24, 2.45) is 0 Å². The molecular formula is C16H22O3. The molecule has 0 aliphatic heterocycles. The lowest BCUT2D eigenvalue weighted by Gasteiger charge is -2.15. The summed E-state index contributed by atoms with van der Waals surface area (Å²) in [5.74, 6) is 0.0758. The van der Waals surface area contributed by atoms with Gasteiger partial charge in [0.25, 0.3) is 0 Å². The van der Waals surface area contributed by atoms with Crippen LogP contribution < -0.4 is 4.74 Å². The minimum absolute atomic E-state index is 0.0693. The third kappa shape index (κ3) is 3.85. The summed E-state index contributed by atoms with van der Waals surface area (Å²) >= 11 is 0. The van der Waals surface area contributed by atoms with Crippen LogP contribution in [0.4, 0.5) is 0 Å². The smallest absolute Gasteiger partial charge is 0.307 e. The van der Waals surface area contributed by atoms with Crippen LogP contribution in [0.3, 0.4) is 0 Å². The Hall–Kier alpha value is -1.77. The Bertz CT molecular complexity index is 487. The summed E-state index contributed by atoms with van der Waals surface area (Å²) in [6, 6.07) is 3.96. The van der Waals surface area contributed by atoms with E-state index in [1.807, 2.05) is 25.1 Å². The maximum Gasteiger partial charge on any atom is 0.307 e. The number of hydrogen-bond donors (Lipinski definition) is 1. The molecule has 19 heavy (non-hydrogen) atoms. The number of carboxylic acid groups (broad SMARTS) is 1. The first-order chi connectivity index (χ1) is 9.01. The second-order valence-electron chi connectivity index (χ2n) is 4.64. The largest absolute Gasteiger partial charge is 0.496 e. The van der Waals surface area contributed by atoms with Gasteiger partial charge in [0.15, 0.2) is 0 Å². The number of benzene rings is 1. The van der Waals surface area contributed by atoms with Crippen LogP contribution in [0.1, 0.15) is 42.9 Å². The van der Waals surface area contributed by atoms with E-state index in [0.29, 0.717) is 0 Å². The van der Waals surface area contributed by atoms with Crippen molar-refractivity contribution in [3.8, 4) is 5.75 Å². The number of hydrogen-bond acceptors (Lipinski definition) is 2. The lowest BCUT2D eigenvalue weighted by molar-refractivity contribution is -0.135. The number of ether oxygens (including phenoxy) is 1. The van der Waals surface area contributed by atoms with Crippen molar-refractivity contribution in [3.63, 3.8) is 0 Å². The first-order valence-corrected chi connectivity index (χ1v) is 6.56. The van der Waals surface area contributed by atoms with Crippen molar-refractivity contribution >= 4 is 11.5 Å². The van der Waals surface area contributed by atoms with Crippen LogP contribution in [0.2, 0.25) is 0 Å². The van der Waals surface area contributed by atoms with Gasteiger partial charge >= 0.3 is 5.97 Å². The van der Waals surface area contributed by atoms with E-state index in [2.05, 4.69) is 13.8 Å². The standard InChI is InChI=1S/C16H22O3/c1-5-6-13(7-10-16(17)18)14-8-9-15(19-4)12(3)11(14)2/h7-9H,5-6,10H2,1-4H3,(H,17,18)/b13-7+. The molecule has 0 atom stereocenters. The highest BCUT2D eigenvalue weighted by molar-refractivity contribution is 5.76. The maximum absolute atomic E-state index is 10.7. The third-order valence-electron chi connectivity index (χ3n) is 3.35. The summed E-state index contributed by atoms with van der Waals surface area (Å²) in [5.41, 5.74) is 4.50. The topological polar surface area (TPSA) is 46.5 Å². The molecular weight excluding hydrogens is 240 g/mol. The van der Waals surface area contributed by atoms with Crippen molar-refractivity contribution in [1.29, 1.82) is 0 Å². The fraction of sp³-hybridized carbons (Fsp3) is 0.438. The molecule has 0 aromatic heterocycles. The van der Waals surface area contributed by atoms with Crippen LogP contribution in [0, 0.1) is 13.8 Å². The van der Waals surface area contributed by atoms with Gasteiger partial charge < -0.3 is 9.84 Å². The molecule has 0 saturated carbocycles. The lowest BCUT2D eigenvalue weighted by atomic mass is 9.93. The highest BCUT2D eigenvalue weighted by atomic mass is 16.5. The average Bonchev–Trinajstić information content (AvgIpc) is 2.38. The van der Waals surface area contributed by atoms with E-state index in [1.165, 1.54) is 0 Å². The molecule has 3 nitrogen and oxygen atoms in total. The SMILES string of the molecule is CCC/C(=C\CC(=O)O)c1ccc(OC)c(C)c1C. The molecule has 0 radical (unpaired) electrons. The fourth-order valence-corrected chi connectivity index (χ4v) is 2.19. The van der Waals surface area contributed by atoms with Gasteiger partial charge in [0.2, 0.25) is 0 Å².